The van der Waals surface area contributed by atoms with E-state index in [4.69, 9.17) is 16.3 Å². The van der Waals surface area contributed by atoms with E-state index in [0.29, 0.717) is 23.6 Å². The summed E-state index contributed by atoms with van der Waals surface area (Å²) in [4.78, 5) is 13.7. The summed E-state index contributed by atoms with van der Waals surface area (Å²) in [5.74, 6) is 0.911. The first-order chi connectivity index (χ1) is 12.0. The molecular formula is C18H18ClNO4S. The van der Waals surface area contributed by atoms with Gasteiger partial charge in [0.05, 0.1) is 17.5 Å². The Morgan fingerprint density at radius 2 is 1.72 bits per heavy atom. The average Bonchev–Trinajstić information content (AvgIpc) is 2.97. The third-order valence-electron chi connectivity index (χ3n) is 4.05. The number of carbonyl (C=O) groups excluding carboxylic acids is 1. The summed E-state index contributed by atoms with van der Waals surface area (Å²) in [5.41, 5.74) is 0.619. The van der Waals surface area contributed by atoms with E-state index in [9.17, 15) is 13.2 Å². The fourth-order valence-corrected chi connectivity index (χ4v) is 4.73. The molecule has 25 heavy (non-hydrogen) atoms. The van der Waals surface area contributed by atoms with Crippen LogP contribution in [0.1, 0.15) is 6.42 Å². The zero-order chi connectivity index (χ0) is 17.9. The van der Waals surface area contributed by atoms with Gasteiger partial charge in [0.15, 0.2) is 9.84 Å². The number of anilines is 1. The van der Waals surface area contributed by atoms with Gasteiger partial charge in [-0.05, 0) is 42.8 Å². The SMILES string of the molecule is O=C(CCl)N(c1ccc(Oc2ccccc2)cc1)C1CCS(=O)(=O)C1. The van der Waals surface area contributed by atoms with Crippen molar-refractivity contribution in [2.24, 2.45) is 0 Å². The fraction of sp³-hybridized carbons (Fsp3) is 0.278. The maximum absolute atomic E-state index is 12.3. The Bertz CT molecular complexity index is 837. The maximum Gasteiger partial charge on any atom is 0.242 e. The maximum atomic E-state index is 12.3. The first kappa shape index (κ1) is 17.8. The van der Waals surface area contributed by atoms with Crippen molar-refractivity contribution in [3.05, 3.63) is 54.6 Å². The van der Waals surface area contributed by atoms with Crippen molar-refractivity contribution in [2.45, 2.75) is 12.5 Å². The van der Waals surface area contributed by atoms with Crippen molar-refractivity contribution in [1.82, 2.24) is 0 Å². The van der Waals surface area contributed by atoms with E-state index in [1.165, 1.54) is 4.90 Å². The number of para-hydroxylation sites is 1. The van der Waals surface area contributed by atoms with Crippen LogP contribution >= 0.6 is 11.6 Å². The number of hydrogen-bond donors (Lipinski definition) is 0. The highest BCUT2D eigenvalue weighted by atomic mass is 35.5. The van der Waals surface area contributed by atoms with Gasteiger partial charge in [0.2, 0.25) is 5.91 Å². The van der Waals surface area contributed by atoms with Crippen molar-refractivity contribution in [1.29, 1.82) is 0 Å². The summed E-state index contributed by atoms with van der Waals surface area (Å²) in [6, 6.07) is 16.0. The molecule has 1 amide bonds. The molecule has 0 radical (unpaired) electrons. The van der Waals surface area contributed by atoms with Crippen LogP contribution in [0, 0.1) is 0 Å². The lowest BCUT2D eigenvalue weighted by molar-refractivity contribution is -0.116. The van der Waals surface area contributed by atoms with E-state index in [-0.39, 0.29) is 29.3 Å². The third-order valence-corrected chi connectivity index (χ3v) is 6.03. The van der Waals surface area contributed by atoms with Gasteiger partial charge in [-0.3, -0.25) is 4.79 Å². The molecule has 1 aliphatic rings. The Hall–Kier alpha value is -2.05. The predicted molar refractivity (Wildman–Crippen MR) is 98.2 cm³/mol. The number of carbonyl (C=O) groups is 1. The predicted octanol–water partition coefficient (Wildman–Crippen LogP) is 3.24. The smallest absolute Gasteiger partial charge is 0.242 e. The molecule has 0 aromatic heterocycles. The van der Waals surface area contributed by atoms with E-state index >= 15 is 0 Å². The Kier molecular flexibility index (Phi) is 5.30. The van der Waals surface area contributed by atoms with Gasteiger partial charge in [-0.1, -0.05) is 18.2 Å². The number of hydrogen-bond acceptors (Lipinski definition) is 4. The first-order valence-corrected chi connectivity index (χ1v) is 10.3. The van der Waals surface area contributed by atoms with Gasteiger partial charge in [-0.15, -0.1) is 11.6 Å². The molecule has 2 aromatic rings. The lowest BCUT2D eigenvalue weighted by Crippen LogP contribution is -2.42. The van der Waals surface area contributed by atoms with Gasteiger partial charge in [0, 0.05) is 5.69 Å². The molecule has 0 bridgehead atoms. The van der Waals surface area contributed by atoms with Gasteiger partial charge in [-0.2, -0.15) is 0 Å². The van der Waals surface area contributed by atoms with Crippen molar-refractivity contribution in [3.63, 3.8) is 0 Å². The number of nitrogens with zero attached hydrogens (tertiary/aromatic N) is 1. The summed E-state index contributed by atoms with van der Waals surface area (Å²) in [7, 11) is -3.10. The molecule has 0 spiro atoms. The average molecular weight is 380 g/mol. The number of alkyl halides is 1. The molecule has 0 saturated carbocycles. The number of ether oxygens (including phenoxy) is 1. The molecule has 1 unspecified atom stereocenters. The molecule has 7 heteroatoms. The monoisotopic (exact) mass is 379 g/mol. The number of rotatable bonds is 5. The highest BCUT2D eigenvalue weighted by Gasteiger charge is 2.35. The zero-order valence-corrected chi connectivity index (χ0v) is 15.0. The molecule has 132 valence electrons. The minimum Gasteiger partial charge on any atom is -0.457 e. The van der Waals surface area contributed by atoms with E-state index in [2.05, 4.69) is 0 Å². The van der Waals surface area contributed by atoms with Crippen LogP contribution in [0.15, 0.2) is 54.6 Å². The van der Waals surface area contributed by atoms with Crippen LogP contribution in [0.3, 0.4) is 0 Å². The Morgan fingerprint density at radius 3 is 2.28 bits per heavy atom. The number of halogens is 1. The van der Waals surface area contributed by atoms with E-state index in [1.54, 1.807) is 24.3 Å². The molecule has 1 aliphatic heterocycles. The van der Waals surface area contributed by atoms with Gasteiger partial charge < -0.3 is 9.64 Å². The quantitative estimate of drug-likeness (QED) is 0.748. The second kappa shape index (κ2) is 7.45. The van der Waals surface area contributed by atoms with Crippen LogP contribution in [-0.2, 0) is 14.6 Å². The molecule has 1 atom stereocenters. The second-order valence-corrected chi connectivity index (χ2v) is 8.36. The fourth-order valence-electron chi connectivity index (χ4n) is 2.90. The van der Waals surface area contributed by atoms with Crippen molar-refractivity contribution in [2.75, 3.05) is 22.3 Å². The summed E-state index contributed by atoms with van der Waals surface area (Å²) in [6.07, 6.45) is 0.424. The number of benzene rings is 2. The summed E-state index contributed by atoms with van der Waals surface area (Å²) >= 11 is 5.72. The zero-order valence-electron chi connectivity index (χ0n) is 13.5. The molecule has 1 fully saturated rings. The normalized spacial score (nSPS) is 18.7. The third kappa shape index (κ3) is 4.32. The molecule has 0 aliphatic carbocycles. The van der Waals surface area contributed by atoms with Crippen LogP contribution in [0.2, 0.25) is 0 Å². The van der Waals surface area contributed by atoms with Gasteiger partial charge in [0.1, 0.15) is 17.4 Å². The van der Waals surface area contributed by atoms with Gasteiger partial charge in [-0.25, -0.2) is 8.42 Å². The molecule has 5 nitrogen and oxygen atoms in total. The lowest BCUT2D eigenvalue weighted by Gasteiger charge is -2.27. The molecular weight excluding hydrogens is 362 g/mol. The molecule has 1 heterocycles. The molecule has 3 rings (SSSR count). The Labute approximate surface area is 152 Å². The van der Waals surface area contributed by atoms with E-state index in [1.807, 2.05) is 30.3 Å². The van der Waals surface area contributed by atoms with E-state index < -0.39 is 9.84 Å². The highest BCUT2D eigenvalue weighted by molar-refractivity contribution is 7.91. The van der Waals surface area contributed by atoms with Crippen LogP contribution in [0.5, 0.6) is 11.5 Å². The van der Waals surface area contributed by atoms with Crippen LogP contribution < -0.4 is 9.64 Å². The van der Waals surface area contributed by atoms with Gasteiger partial charge in [0.25, 0.3) is 0 Å². The molecule has 2 aromatic carbocycles. The topological polar surface area (TPSA) is 63.7 Å². The van der Waals surface area contributed by atoms with Crippen molar-refractivity contribution >= 4 is 33.0 Å². The standard InChI is InChI=1S/C18H18ClNO4S/c19-12-18(21)20(15-10-11-25(22,23)13-15)14-6-8-17(9-7-14)24-16-4-2-1-3-5-16/h1-9,15H,10-13H2. The number of amides is 1. The second-order valence-electron chi connectivity index (χ2n) is 5.86. The lowest BCUT2D eigenvalue weighted by atomic mass is 10.2. The summed E-state index contributed by atoms with van der Waals surface area (Å²) in [5, 5.41) is 0. The van der Waals surface area contributed by atoms with Crippen LogP contribution in [-0.4, -0.2) is 37.8 Å². The highest BCUT2D eigenvalue weighted by Crippen LogP contribution is 2.28. The first-order valence-electron chi connectivity index (χ1n) is 7.90. The Morgan fingerprint density at radius 1 is 1.08 bits per heavy atom. The minimum absolute atomic E-state index is 0.0299. The van der Waals surface area contributed by atoms with Gasteiger partial charge >= 0.3 is 0 Å². The van der Waals surface area contributed by atoms with Crippen molar-refractivity contribution in [3.8, 4) is 11.5 Å². The van der Waals surface area contributed by atoms with Crippen LogP contribution in [0.25, 0.3) is 0 Å². The molecule has 1 saturated heterocycles. The molecule has 0 N–H and O–H groups in total. The minimum atomic E-state index is -3.10. The van der Waals surface area contributed by atoms with Crippen LogP contribution in [0.4, 0.5) is 5.69 Å². The summed E-state index contributed by atoms with van der Waals surface area (Å²) < 4.78 is 29.2. The Balaban J connectivity index is 1.81. The van der Waals surface area contributed by atoms with Crippen molar-refractivity contribution < 1.29 is 17.9 Å². The number of sulfone groups is 1. The van der Waals surface area contributed by atoms with E-state index in [0.717, 1.165) is 0 Å². The summed E-state index contributed by atoms with van der Waals surface area (Å²) in [6.45, 7) is 0. The largest absolute Gasteiger partial charge is 0.457 e.